The molecule has 0 radical (unpaired) electrons. The lowest BCUT2D eigenvalue weighted by molar-refractivity contribution is 0.855. The summed E-state index contributed by atoms with van der Waals surface area (Å²) in [5.41, 5.74) is 3.33. The summed E-state index contributed by atoms with van der Waals surface area (Å²) in [7, 11) is 1.79. The normalized spacial score (nSPS) is 10.9. The number of halogens is 1. The lowest BCUT2D eigenvalue weighted by Crippen LogP contribution is -2.23. The molecule has 0 N–H and O–H groups in total. The van der Waals surface area contributed by atoms with Crippen LogP contribution in [0.25, 0.3) is 11.0 Å². The van der Waals surface area contributed by atoms with Crippen LogP contribution in [-0.4, -0.2) is 9.55 Å². The Balaban J connectivity index is 2.10. The molecule has 0 atom stereocenters. The van der Waals surface area contributed by atoms with E-state index in [1.807, 2.05) is 48.5 Å². The maximum atomic E-state index is 12.3. The molecule has 0 aliphatic carbocycles. The molecule has 3 rings (SSSR count). The second kappa shape index (κ2) is 5.21. The second-order valence-corrected chi connectivity index (χ2v) is 5.63. The molecule has 0 amide bonds. The Morgan fingerprint density at radius 2 is 1.80 bits per heavy atom. The zero-order chi connectivity index (χ0) is 14.1. The van der Waals surface area contributed by atoms with Crippen LogP contribution >= 0.6 is 15.9 Å². The van der Waals surface area contributed by atoms with Gasteiger partial charge in [0.25, 0.3) is 5.56 Å². The average molecular weight is 329 g/mol. The first-order chi connectivity index (χ1) is 9.65. The first-order valence-electron chi connectivity index (χ1n) is 6.34. The Morgan fingerprint density at radius 1 is 1.10 bits per heavy atom. The number of hydrogen-bond donors (Lipinski definition) is 0. The van der Waals surface area contributed by atoms with E-state index in [1.54, 1.807) is 11.6 Å². The topological polar surface area (TPSA) is 34.9 Å². The summed E-state index contributed by atoms with van der Waals surface area (Å²) >= 11 is 3.41. The third-order valence-corrected chi connectivity index (χ3v) is 3.86. The molecule has 0 spiro atoms. The van der Waals surface area contributed by atoms with Crippen molar-refractivity contribution in [2.24, 2.45) is 7.05 Å². The smallest absolute Gasteiger partial charge is 0.272 e. The van der Waals surface area contributed by atoms with Gasteiger partial charge < -0.3 is 4.57 Å². The second-order valence-electron chi connectivity index (χ2n) is 4.71. The van der Waals surface area contributed by atoms with Crippen molar-refractivity contribution < 1.29 is 0 Å². The fourth-order valence-electron chi connectivity index (χ4n) is 2.25. The van der Waals surface area contributed by atoms with E-state index in [1.165, 1.54) is 0 Å². The third kappa shape index (κ3) is 2.39. The van der Waals surface area contributed by atoms with Gasteiger partial charge >= 0.3 is 0 Å². The van der Waals surface area contributed by atoms with Gasteiger partial charge in [0.15, 0.2) is 0 Å². The Morgan fingerprint density at radius 3 is 2.55 bits per heavy atom. The molecule has 100 valence electrons. The molecular formula is C16H13BrN2O. The van der Waals surface area contributed by atoms with Crippen LogP contribution < -0.4 is 5.56 Å². The highest BCUT2D eigenvalue weighted by molar-refractivity contribution is 9.10. The van der Waals surface area contributed by atoms with Gasteiger partial charge in [-0.2, -0.15) is 0 Å². The number of aryl methyl sites for hydroxylation is 1. The van der Waals surface area contributed by atoms with Crippen molar-refractivity contribution in [2.75, 3.05) is 0 Å². The molecule has 3 nitrogen and oxygen atoms in total. The molecular weight excluding hydrogens is 316 g/mol. The fourth-order valence-corrected chi connectivity index (χ4v) is 2.51. The van der Waals surface area contributed by atoms with Crippen molar-refractivity contribution in [3.8, 4) is 0 Å². The molecule has 0 saturated heterocycles. The van der Waals surface area contributed by atoms with Gasteiger partial charge in [-0.05, 0) is 29.8 Å². The van der Waals surface area contributed by atoms with E-state index in [4.69, 9.17) is 0 Å². The summed E-state index contributed by atoms with van der Waals surface area (Å²) in [6.45, 7) is 0. The van der Waals surface area contributed by atoms with Gasteiger partial charge in [0, 0.05) is 17.9 Å². The van der Waals surface area contributed by atoms with E-state index < -0.39 is 0 Å². The van der Waals surface area contributed by atoms with Gasteiger partial charge in [0.05, 0.1) is 11.0 Å². The van der Waals surface area contributed by atoms with Gasteiger partial charge in [-0.1, -0.05) is 40.2 Å². The zero-order valence-electron chi connectivity index (χ0n) is 11.0. The van der Waals surface area contributed by atoms with Crippen LogP contribution in [0.15, 0.2) is 57.8 Å². The Hall–Kier alpha value is -1.94. The standard InChI is InChI=1S/C16H13BrN2O/c1-19-15-5-3-2-4-13(15)18-14(16(19)20)10-11-6-8-12(17)9-7-11/h2-9H,10H2,1H3. The molecule has 1 aromatic heterocycles. The molecule has 20 heavy (non-hydrogen) atoms. The van der Waals surface area contributed by atoms with Gasteiger partial charge in [0.2, 0.25) is 0 Å². The van der Waals surface area contributed by atoms with Crippen molar-refractivity contribution in [3.05, 3.63) is 74.6 Å². The number of rotatable bonds is 2. The molecule has 4 heteroatoms. The molecule has 2 aromatic carbocycles. The molecule has 0 saturated carbocycles. The molecule has 0 unspecified atom stereocenters. The summed E-state index contributed by atoms with van der Waals surface area (Å²) in [6, 6.07) is 15.6. The Bertz CT molecular complexity index is 822. The van der Waals surface area contributed by atoms with Crippen LogP contribution in [0.1, 0.15) is 11.3 Å². The van der Waals surface area contributed by atoms with E-state index in [2.05, 4.69) is 20.9 Å². The largest absolute Gasteiger partial charge is 0.308 e. The summed E-state index contributed by atoms with van der Waals surface area (Å²) < 4.78 is 2.69. The Labute approximate surface area is 125 Å². The van der Waals surface area contributed by atoms with E-state index in [0.29, 0.717) is 12.1 Å². The lowest BCUT2D eigenvalue weighted by Gasteiger charge is -2.08. The van der Waals surface area contributed by atoms with Crippen LogP contribution in [0.3, 0.4) is 0 Å². The quantitative estimate of drug-likeness (QED) is 0.723. The minimum absolute atomic E-state index is 0.0355. The minimum atomic E-state index is -0.0355. The third-order valence-electron chi connectivity index (χ3n) is 3.33. The van der Waals surface area contributed by atoms with Crippen molar-refractivity contribution in [3.63, 3.8) is 0 Å². The SMILES string of the molecule is Cn1c(=O)c(Cc2ccc(Br)cc2)nc2ccccc21. The maximum absolute atomic E-state index is 12.3. The molecule has 0 bridgehead atoms. The predicted molar refractivity (Wildman–Crippen MR) is 83.9 cm³/mol. The average Bonchev–Trinajstić information content (AvgIpc) is 2.47. The summed E-state index contributed by atoms with van der Waals surface area (Å²) in [5, 5.41) is 0. The van der Waals surface area contributed by atoms with Gasteiger partial charge in [0.1, 0.15) is 5.69 Å². The summed E-state index contributed by atoms with van der Waals surface area (Å²) in [5.74, 6) is 0. The van der Waals surface area contributed by atoms with Crippen LogP contribution in [0.5, 0.6) is 0 Å². The number of para-hydroxylation sites is 2. The van der Waals surface area contributed by atoms with Crippen LogP contribution in [0.4, 0.5) is 0 Å². The molecule has 0 aliphatic rings. The minimum Gasteiger partial charge on any atom is -0.308 e. The number of aromatic nitrogens is 2. The highest BCUT2D eigenvalue weighted by Gasteiger charge is 2.08. The van der Waals surface area contributed by atoms with Crippen molar-refractivity contribution >= 4 is 27.0 Å². The molecule has 0 fully saturated rings. The number of nitrogens with zero attached hydrogens (tertiary/aromatic N) is 2. The van der Waals surface area contributed by atoms with E-state index >= 15 is 0 Å². The molecule has 0 aliphatic heterocycles. The molecule has 1 heterocycles. The lowest BCUT2D eigenvalue weighted by atomic mass is 10.1. The predicted octanol–water partition coefficient (Wildman–Crippen LogP) is 3.29. The van der Waals surface area contributed by atoms with Crippen molar-refractivity contribution in [1.29, 1.82) is 0 Å². The number of benzene rings is 2. The zero-order valence-corrected chi connectivity index (χ0v) is 12.6. The van der Waals surface area contributed by atoms with Gasteiger partial charge in [-0.15, -0.1) is 0 Å². The van der Waals surface area contributed by atoms with Gasteiger partial charge in [-0.25, -0.2) is 4.98 Å². The summed E-state index contributed by atoms with van der Waals surface area (Å²) in [6.07, 6.45) is 0.546. The first kappa shape index (κ1) is 13.1. The Kier molecular flexibility index (Phi) is 3.40. The monoisotopic (exact) mass is 328 g/mol. The fraction of sp³-hybridized carbons (Fsp3) is 0.125. The highest BCUT2D eigenvalue weighted by Crippen LogP contribution is 2.14. The summed E-state index contributed by atoms with van der Waals surface area (Å²) in [4.78, 5) is 16.9. The van der Waals surface area contributed by atoms with E-state index in [0.717, 1.165) is 21.1 Å². The van der Waals surface area contributed by atoms with Crippen molar-refractivity contribution in [1.82, 2.24) is 9.55 Å². The molecule has 3 aromatic rings. The van der Waals surface area contributed by atoms with Crippen molar-refractivity contribution in [2.45, 2.75) is 6.42 Å². The maximum Gasteiger partial charge on any atom is 0.272 e. The van der Waals surface area contributed by atoms with Crippen LogP contribution in [-0.2, 0) is 13.5 Å². The van der Waals surface area contributed by atoms with E-state index in [9.17, 15) is 4.79 Å². The first-order valence-corrected chi connectivity index (χ1v) is 7.13. The van der Waals surface area contributed by atoms with Crippen LogP contribution in [0.2, 0.25) is 0 Å². The van der Waals surface area contributed by atoms with E-state index in [-0.39, 0.29) is 5.56 Å². The van der Waals surface area contributed by atoms with Gasteiger partial charge in [-0.3, -0.25) is 4.79 Å². The highest BCUT2D eigenvalue weighted by atomic mass is 79.9. The van der Waals surface area contributed by atoms with Crippen LogP contribution in [0, 0.1) is 0 Å². The number of hydrogen-bond acceptors (Lipinski definition) is 2. The number of fused-ring (bicyclic) bond motifs is 1.